The van der Waals surface area contributed by atoms with Crippen molar-refractivity contribution < 1.29 is 22.3 Å². The Labute approximate surface area is 189 Å². The standard InChI is InChI=1S/C24H31FN2O4S/c1-4-24(5-2)17-21(20-9-6-7-10-22(20)31-24)26-23(28)11-8-16-27(32(3,29)30)19-14-12-18(25)13-15-19/h6-7,9-10,12-15,21H,4-5,8,11,16-17H2,1-3H3,(H,26,28)/t21-/m1/s1. The van der Waals surface area contributed by atoms with Gasteiger partial charge in [0.1, 0.15) is 17.2 Å². The van der Waals surface area contributed by atoms with Crippen molar-refractivity contribution in [3.05, 3.63) is 59.9 Å². The number of anilines is 1. The first-order valence-corrected chi connectivity index (χ1v) is 12.8. The van der Waals surface area contributed by atoms with Gasteiger partial charge in [-0.05, 0) is 49.6 Å². The summed E-state index contributed by atoms with van der Waals surface area (Å²) in [6.07, 6.45) is 3.99. The second-order valence-corrected chi connectivity index (χ2v) is 10.2. The molecular weight excluding hydrogens is 431 g/mol. The molecule has 3 rings (SSSR count). The van der Waals surface area contributed by atoms with E-state index in [2.05, 4.69) is 19.2 Å². The van der Waals surface area contributed by atoms with E-state index >= 15 is 0 Å². The predicted octanol–water partition coefficient (Wildman–Crippen LogP) is 4.57. The summed E-state index contributed by atoms with van der Waals surface area (Å²) in [6.45, 7) is 4.31. The molecule has 0 radical (unpaired) electrons. The monoisotopic (exact) mass is 462 g/mol. The van der Waals surface area contributed by atoms with Gasteiger partial charge in [-0.2, -0.15) is 0 Å². The van der Waals surface area contributed by atoms with Crippen molar-refractivity contribution >= 4 is 21.6 Å². The smallest absolute Gasteiger partial charge is 0.232 e. The van der Waals surface area contributed by atoms with E-state index in [0.29, 0.717) is 18.5 Å². The maximum absolute atomic E-state index is 13.2. The molecule has 1 amide bonds. The van der Waals surface area contributed by atoms with Crippen LogP contribution < -0.4 is 14.4 Å². The van der Waals surface area contributed by atoms with Crippen LogP contribution in [0, 0.1) is 5.82 Å². The molecule has 2 aromatic carbocycles. The molecule has 0 spiro atoms. The molecule has 1 N–H and O–H groups in total. The van der Waals surface area contributed by atoms with Crippen LogP contribution >= 0.6 is 0 Å². The minimum Gasteiger partial charge on any atom is -0.487 e. The molecule has 32 heavy (non-hydrogen) atoms. The predicted molar refractivity (Wildman–Crippen MR) is 124 cm³/mol. The van der Waals surface area contributed by atoms with E-state index in [-0.39, 0.29) is 30.5 Å². The van der Waals surface area contributed by atoms with E-state index in [1.807, 2.05) is 24.3 Å². The first-order chi connectivity index (χ1) is 15.2. The van der Waals surface area contributed by atoms with Gasteiger partial charge in [-0.15, -0.1) is 0 Å². The number of sulfonamides is 1. The largest absolute Gasteiger partial charge is 0.487 e. The van der Waals surface area contributed by atoms with Crippen molar-refractivity contribution in [2.45, 2.75) is 57.6 Å². The Morgan fingerprint density at radius 3 is 2.44 bits per heavy atom. The summed E-state index contributed by atoms with van der Waals surface area (Å²) >= 11 is 0. The Hall–Kier alpha value is -2.61. The normalized spacial score (nSPS) is 17.2. The van der Waals surface area contributed by atoms with Gasteiger partial charge in [0.2, 0.25) is 15.9 Å². The summed E-state index contributed by atoms with van der Waals surface area (Å²) in [5, 5.41) is 3.12. The second-order valence-electron chi connectivity index (χ2n) is 8.27. The number of hydrogen-bond acceptors (Lipinski definition) is 4. The Morgan fingerprint density at radius 1 is 1.16 bits per heavy atom. The molecule has 1 aliphatic rings. The van der Waals surface area contributed by atoms with Gasteiger partial charge in [0.25, 0.3) is 0 Å². The fourth-order valence-electron chi connectivity index (χ4n) is 4.17. The van der Waals surface area contributed by atoms with E-state index < -0.39 is 15.8 Å². The van der Waals surface area contributed by atoms with Crippen molar-refractivity contribution in [2.24, 2.45) is 0 Å². The third-order valence-corrected chi connectivity index (χ3v) is 7.29. The number of nitrogens with zero attached hydrogens (tertiary/aromatic N) is 1. The molecule has 0 fully saturated rings. The second kappa shape index (κ2) is 9.90. The Kier molecular flexibility index (Phi) is 7.44. The number of fused-ring (bicyclic) bond motifs is 1. The van der Waals surface area contributed by atoms with Gasteiger partial charge in [0.15, 0.2) is 0 Å². The van der Waals surface area contributed by atoms with Gasteiger partial charge >= 0.3 is 0 Å². The van der Waals surface area contributed by atoms with Crippen LogP contribution in [0.1, 0.15) is 57.6 Å². The molecule has 2 aromatic rings. The van der Waals surface area contributed by atoms with Crippen LogP contribution in [0.4, 0.5) is 10.1 Å². The zero-order chi connectivity index (χ0) is 23.4. The molecular formula is C24H31FN2O4S. The molecule has 1 heterocycles. The maximum Gasteiger partial charge on any atom is 0.232 e. The molecule has 0 bridgehead atoms. The molecule has 6 nitrogen and oxygen atoms in total. The van der Waals surface area contributed by atoms with Crippen LogP contribution in [0.15, 0.2) is 48.5 Å². The van der Waals surface area contributed by atoms with Crippen LogP contribution in [-0.4, -0.2) is 32.7 Å². The number of amides is 1. The van der Waals surface area contributed by atoms with E-state index in [4.69, 9.17) is 4.74 Å². The van der Waals surface area contributed by atoms with E-state index in [0.717, 1.165) is 30.4 Å². The highest BCUT2D eigenvalue weighted by Gasteiger charge is 2.38. The van der Waals surface area contributed by atoms with E-state index in [1.54, 1.807) is 0 Å². The molecule has 0 saturated heterocycles. The lowest BCUT2D eigenvalue weighted by Gasteiger charge is -2.41. The number of para-hydroxylation sites is 1. The van der Waals surface area contributed by atoms with Crippen LogP contribution in [-0.2, 0) is 14.8 Å². The highest BCUT2D eigenvalue weighted by atomic mass is 32.2. The van der Waals surface area contributed by atoms with Crippen molar-refractivity contribution in [1.29, 1.82) is 0 Å². The molecule has 8 heteroatoms. The summed E-state index contributed by atoms with van der Waals surface area (Å²) in [6, 6.07) is 12.9. The number of ether oxygens (including phenoxy) is 1. The summed E-state index contributed by atoms with van der Waals surface area (Å²) in [4.78, 5) is 12.8. The number of carbonyl (C=O) groups is 1. The highest BCUT2D eigenvalue weighted by molar-refractivity contribution is 7.92. The molecule has 174 valence electrons. The third kappa shape index (κ3) is 5.59. The van der Waals surface area contributed by atoms with Gasteiger partial charge in [-0.25, -0.2) is 12.8 Å². The SMILES string of the molecule is CCC1(CC)C[C@@H](NC(=O)CCCN(c2ccc(F)cc2)S(C)(=O)=O)c2ccccc2O1. The fourth-order valence-corrected chi connectivity index (χ4v) is 5.14. The van der Waals surface area contributed by atoms with Crippen molar-refractivity contribution in [2.75, 3.05) is 17.1 Å². The average molecular weight is 463 g/mol. The van der Waals surface area contributed by atoms with Crippen LogP contribution in [0.2, 0.25) is 0 Å². The molecule has 0 aromatic heterocycles. The van der Waals surface area contributed by atoms with Crippen LogP contribution in [0.25, 0.3) is 0 Å². The number of halogens is 1. The lowest BCUT2D eigenvalue weighted by Crippen LogP contribution is -2.44. The third-order valence-electron chi connectivity index (χ3n) is 6.10. The molecule has 0 unspecified atom stereocenters. The Balaban J connectivity index is 1.65. The van der Waals surface area contributed by atoms with Crippen LogP contribution in [0.3, 0.4) is 0 Å². The number of nitrogens with one attached hydrogen (secondary N) is 1. The first-order valence-electron chi connectivity index (χ1n) is 11.0. The zero-order valence-electron chi connectivity index (χ0n) is 18.8. The van der Waals surface area contributed by atoms with Crippen molar-refractivity contribution in [1.82, 2.24) is 5.32 Å². The highest BCUT2D eigenvalue weighted by Crippen LogP contribution is 2.42. The topological polar surface area (TPSA) is 75.7 Å². The number of benzene rings is 2. The fraction of sp³-hybridized carbons (Fsp3) is 0.458. The summed E-state index contributed by atoms with van der Waals surface area (Å²) in [7, 11) is -3.56. The van der Waals surface area contributed by atoms with Crippen molar-refractivity contribution in [3.63, 3.8) is 0 Å². The number of carbonyl (C=O) groups excluding carboxylic acids is 1. The minimum atomic E-state index is -3.56. The van der Waals surface area contributed by atoms with Gasteiger partial charge < -0.3 is 10.1 Å². The zero-order valence-corrected chi connectivity index (χ0v) is 19.6. The van der Waals surface area contributed by atoms with Crippen molar-refractivity contribution in [3.8, 4) is 5.75 Å². The maximum atomic E-state index is 13.2. The number of rotatable bonds is 9. The lowest BCUT2D eigenvalue weighted by atomic mass is 9.83. The lowest BCUT2D eigenvalue weighted by molar-refractivity contribution is -0.122. The van der Waals surface area contributed by atoms with Crippen LogP contribution in [0.5, 0.6) is 5.75 Å². The van der Waals surface area contributed by atoms with Gasteiger partial charge in [-0.3, -0.25) is 9.10 Å². The average Bonchev–Trinajstić information content (AvgIpc) is 2.76. The Bertz CT molecular complexity index is 1040. The summed E-state index contributed by atoms with van der Waals surface area (Å²) in [5.41, 5.74) is 1.02. The quantitative estimate of drug-likeness (QED) is 0.592. The van der Waals surface area contributed by atoms with Gasteiger partial charge in [-0.1, -0.05) is 32.0 Å². The molecule has 1 aliphatic heterocycles. The van der Waals surface area contributed by atoms with Gasteiger partial charge in [0, 0.05) is 24.9 Å². The summed E-state index contributed by atoms with van der Waals surface area (Å²) < 4.78 is 45.1. The molecule has 0 saturated carbocycles. The van der Waals surface area contributed by atoms with E-state index in [1.165, 1.54) is 28.6 Å². The summed E-state index contributed by atoms with van der Waals surface area (Å²) in [5.74, 6) is 0.223. The Morgan fingerprint density at radius 2 is 1.81 bits per heavy atom. The van der Waals surface area contributed by atoms with E-state index in [9.17, 15) is 17.6 Å². The molecule has 1 atom stereocenters. The number of hydrogen-bond donors (Lipinski definition) is 1. The van der Waals surface area contributed by atoms with Gasteiger partial charge in [0.05, 0.1) is 18.0 Å². The minimum absolute atomic E-state index is 0.135. The molecule has 0 aliphatic carbocycles. The first kappa shape index (κ1) is 24.0.